The minimum atomic E-state index is 0. The number of hydrogen-bond donors (Lipinski definition) is 0. The van der Waals surface area contributed by atoms with Gasteiger partial charge in [0.1, 0.15) is 0 Å². The summed E-state index contributed by atoms with van der Waals surface area (Å²) < 4.78 is 1.65. The Morgan fingerprint density at radius 1 is 0.393 bits per heavy atom. The van der Waals surface area contributed by atoms with Gasteiger partial charge in [0.05, 0.1) is 0 Å². The number of allylic oxidation sites excluding steroid dienone is 2. The maximum Gasteiger partial charge on any atom is 2.00 e. The molecule has 1 heterocycles. The van der Waals surface area contributed by atoms with Crippen molar-refractivity contribution in [2.24, 2.45) is 0 Å². The molecule has 0 bridgehead atoms. The van der Waals surface area contributed by atoms with Crippen LogP contribution in [0.4, 0.5) is 0 Å². The van der Waals surface area contributed by atoms with Gasteiger partial charge in [0.2, 0.25) is 11.4 Å². The SMILES string of the molecule is CCCCCc1cc(CCCCC)cc(C2=C(CCCC)C(CCCC)=C(c3cc(CCCCC)cc(CCCCC)c3)[N+]2=[N-])c1.Cc1cc[c-]cc1.Cc1cc[c-]cc1.[Ni+2]. The summed E-state index contributed by atoms with van der Waals surface area (Å²) in [6, 6.07) is 36.2. The monoisotopic (exact) mass is 865 g/mol. The molecule has 0 radical (unpaired) electrons. The standard InChI is InChI=1S/C44H68N2.2C7H7.Ni/c1-7-13-19-23-35-29-36(24-20-14-8-2)32-39(31-35)43-41(27-17-11-5)42(28-18-12-6)44(46(43)45)40-33-37(25-21-15-9-3)30-38(34-40)26-22-16-10-4;2*1-7-5-3-2-4-6-7;/h29-34H,7-28H2,1-6H3;2*3-6H,1H3;/q;2*-1;+2. The number of nitrogens with zero attached hydrogens (tertiary/aromatic N) is 2. The summed E-state index contributed by atoms with van der Waals surface area (Å²) >= 11 is 0. The molecule has 1 aliphatic heterocycles. The summed E-state index contributed by atoms with van der Waals surface area (Å²) in [6.45, 7) is 17.9. The Kier molecular flexibility index (Phi) is 28.3. The molecule has 0 aromatic heterocycles. The summed E-state index contributed by atoms with van der Waals surface area (Å²) in [4.78, 5) is 0. The first kappa shape index (κ1) is 53.6. The van der Waals surface area contributed by atoms with Crippen LogP contribution in [0.3, 0.4) is 0 Å². The molecule has 4 aromatic carbocycles. The number of benzene rings is 4. The van der Waals surface area contributed by atoms with Gasteiger partial charge >= 0.3 is 16.5 Å². The topological polar surface area (TPSA) is 25.3 Å². The summed E-state index contributed by atoms with van der Waals surface area (Å²) in [5.74, 6) is 0. The maximum absolute atomic E-state index is 12.4. The molecule has 0 atom stereocenters. The van der Waals surface area contributed by atoms with Crippen LogP contribution in [-0.2, 0) is 42.2 Å². The minimum absolute atomic E-state index is 0. The van der Waals surface area contributed by atoms with Crippen LogP contribution < -0.4 is 0 Å². The predicted octanol–water partition coefficient (Wildman–Crippen LogP) is 17.8. The minimum Gasteiger partial charge on any atom is -0.493 e. The molecule has 4 aromatic rings. The zero-order valence-electron chi connectivity index (χ0n) is 39.8. The van der Waals surface area contributed by atoms with E-state index in [-0.39, 0.29) is 16.5 Å². The second-order valence-corrected chi connectivity index (χ2v) is 17.2. The van der Waals surface area contributed by atoms with Crippen molar-refractivity contribution in [1.82, 2.24) is 0 Å². The van der Waals surface area contributed by atoms with E-state index in [0.29, 0.717) is 0 Å². The van der Waals surface area contributed by atoms with E-state index in [4.69, 9.17) is 0 Å². The summed E-state index contributed by atoms with van der Waals surface area (Å²) in [7, 11) is 0. The van der Waals surface area contributed by atoms with Crippen LogP contribution in [0.2, 0.25) is 0 Å². The van der Waals surface area contributed by atoms with Crippen LogP contribution in [0.1, 0.15) is 202 Å². The molecule has 0 saturated carbocycles. The third-order valence-corrected chi connectivity index (χ3v) is 11.6. The maximum atomic E-state index is 12.4. The first-order valence-electron chi connectivity index (χ1n) is 24.4. The third kappa shape index (κ3) is 19.6. The zero-order chi connectivity index (χ0) is 43.4. The third-order valence-electron chi connectivity index (χ3n) is 11.6. The second kappa shape index (κ2) is 32.2. The molecule has 3 heteroatoms. The van der Waals surface area contributed by atoms with E-state index < -0.39 is 0 Å². The van der Waals surface area contributed by atoms with Crippen molar-refractivity contribution in [3.8, 4) is 0 Å². The van der Waals surface area contributed by atoms with E-state index in [1.54, 1.807) is 4.70 Å². The summed E-state index contributed by atoms with van der Waals surface area (Å²) in [5, 5.41) is 0. The van der Waals surface area contributed by atoms with Crippen LogP contribution in [0, 0.1) is 26.0 Å². The molecule has 1 aliphatic rings. The molecule has 0 amide bonds. The number of aryl methyl sites for hydroxylation is 6. The Balaban J connectivity index is 0.000000715. The van der Waals surface area contributed by atoms with Crippen LogP contribution in [0.25, 0.3) is 16.9 Å². The van der Waals surface area contributed by atoms with Gasteiger partial charge in [-0.1, -0.05) is 132 Å². The Morgan fingerprint density at radius 3 is 0.902 bits per heavy atom. The largest absolute Gasteiger partial charge is 2.00 e. The first-order chi connectivity index (χ1) is 29.3. The van der Waals surface area contributed by atoms with Crippen molar-refractivity contribution in [1.29, 1.82) is 0 Å². The molecule has 5 rings (SSSR count). The molecule has 61 heavy (non-hydrogen) atoms. The van der Waals surface area contributed by atoms with Crippen molar-refractivity contribution in [2.45, 2.75) is 197 Å². The van der Waals surface area contributed by atoms with E-state index >= 15 is 0 Å². The smallest absolute Gasteiger partial charge is 0.493 e. The molecule has 0 saturated heterocycles. The van der Waals surface area contributed by atoms with E-state index in [1.165, 1.54) is 133 Å². The van der Waals surface area contributed by atoms with Gasteiger partial charge in [0, 0.05) is 22.3 Å². The van der Waals surface area contributed by atoms with Gasteiger partial charge < -0.3 is 5.53 Å². The molecule has 334 valence electrons. The van der Waals surface area contributed by atoms with Gasteiger partial charge in [-0.2, -0.15) is 71.8 Å². The fraction of sp³-hybridized carbons (Fsp3) is 0.517. The van der Waals surface area contributed by atoms with Gasteiger partial charge in [-0.3, -0.25) is 0 Å². The van der Waals surface area contributed by atoms with Gasteiger partial charge in [0.25, 0.3) is 0 Å². The van der Waals surface area contributed by atoms with Crippen LogP contribution >= 0.6 is 0 Å². The Hall–Kier alpha value is -3.55. The Labute approximate surface area is 385 Å². The average Bonchev–Trinajstić information content (AvgIpc) is 3.53. The van der Waals surface area contributed by atoms with Crippen LogP contribution in [-0.4, -0.2) is 4.70 Å². The number of rotatable bonds is 24. The van der Waals surface area contributed by atoms with Crippen molar-refractivity contribution < 1.29 is 21.2 Å². The number of hydrogen-bond acceptors (Lipinski definition) is 0. The van der Waals surface area contributed by atoms with Gasteiger partial charge in [0.15, 0.2) is 0 Å². The van der Waals surface area contributed by atoms with Crippen molar-refractivity contribution in [3.05, 3.63) is 158 Å². The summed E-state index contributed by atoms with van der Waals surface area (Å²) in [5.41, 5.74) is 28.1. The molecule has 2 nitrogen and oxygen atoms in total. The Morgan fingerprint density at radius 2 is 0.672 bits per heavy atom. The average molecular weight is 866 g/mol. The van der Waals surface area contributed by atoms with E-state index in [9.17, 15) is 5.53 Å². The van der Waals surface area contributed by atoms with E-state index in [2.05, 4.69) is 104 Å². The van der Waals surface area contributed by atoms with Gasteiger partial charge in [-0.15, -0.1) is 0 Å². The van der Waals surface area contributed by atoms with E-state index in [0.717, 1.165) is 75.6 Å². The normalized spacial score (nSPS) is 12.2. The fourth-order valence-electron chi connectivity index (χ4n) is 8.12. The van der Waals surface area contributed by atoms with Gasteiger partial charge in [-0.25, -0.2) is 4.70 Å². The molecule has 0 unspecified atom stereocenters. The molecular formula is C58H82N2Ni. The molecule has 0 aliphatic carbocycles. The first-order valence-corrected chi connectivity index (χ1v) is 24.4. The fourth-order valence-corrected chi connectivity index (χ4v) is 8.12. The molecular weight excluding hydrogens is 783 g/mol. The van der Waals surface area contributed by atoms with E-state index in [1.807, 2.05) is 48.5 Å². The predicted molar refractivity (Wildman–Crippen MR) is 262 cm³/mol. The molecule has 0 N–H and O–H groups in total. The van der Waals surface area contributed by atoms with Crippen molar-refractivity contribution >= 4 is 11.4 Å². The van der Waals surface area contributed by atoms with Crippen molar-refractivity contribution in [2.75, 3.05) is 0 Å². The quantitative estimate of drug-likeness (QED) is 0.0290. The molecule has 0 spiro atoms. The second-order valence-electron chi connectivity index (χ2n) is 17.2. The van der Waals surface area contributed by atoms with Crippen LogP contribution in [0.5, 0.6) is 0 Å². The van der Waals surface area contributed by atoms with Crippen molar-refractivity contribution in [3.63, 3.8) is 0 Å². The number of unbranched alkanes of at least 4 members (excludes halogenated alkanes) is 10. The zero-order valence-corrected chi connectivity index (χ0v) is 40.8. The van der Waals surface area contributed by atoms with Gasteiger partial charge in [-0.05, 0) is 124 Å². The van der Waals surface area contributed by atoms with Crippen LogP contribution in [0.15, 0.2) is 96.1 Å². The summed E-state index contributed by atoms with van der Waals surface area (Å²) in [6.07, 6.45) is 26.1. The Bertz CT molecular complexity index is 1660. The molecule has 0 fully saturated rings.